The molecule has 2 aromatic rings. The molecule has 0 aliphatic heterocycles. The predicted molar refractivity (Wildman–Crippen MR) is 61.1 cm³/mol. The monoisotopic (exact) mass is 251 g/mol. The molecule has 1 heterocycles. The molecule has 0 spiro atoms. The number of nitro groups is 1. The van der Waals surface area contributed by atoms with Gasteiger partial charge in [-0.15, -0.1) is 10.2 Å². The van der Waals surface area contributed by atoms with E-state index in [-0.39, 0.29) is 10.7 Å². The molecule has 0 amide bonds. The fourth-order valence-corrected chi connectivity index (χ4v) is 1.32. The van der Waals surface area contributed by atoms with Gasteiger partial charge in [-0.25, -0.2) is 4.68 Å². The Morgan fingerprint density at radius 1 is 1.41 bits per heavy atom. The van der Waals surface area contributed by atoms with Crippen molar-refractivity contribution < 1.29 is 4.92 Å². The van der Waals surface area contributed by atoms with Gasteiger partial charge >= 0.3 is 0 Å². The molecule has 0 saturated carbocycles. The summed E-state index contributed by atoms with van der Waals surface area (Å²) in [6, 6.07) is 4.42. The van der Waals surface area contributed by atoms with Crippen LogP contribution in [0.2, 0.25) is 5.02 Å². The highest BCUT2D eigenvalue weighted by atomic mass is 35.5. The topological polar surface area (TPSA) is 86.2 Å². The second-order valence-corrected chi connectivity index (χ2v) is 3.46. The van der Waals surface area contributed by atoms with Crippen molar-refractivity contribution in [3.63, 3.8) is 0 Å². The largest absolute Gasteiger partial charge is 0.288 e. The van der Waals surface area contributed by atoms with Gasteiger partial charge in [0.2, 0.25) is 0 Å². The Morgan fingerprint density at radius 2 is 2.12 bits per heavy atom. The van der Waals surface area contributed by atoms with Crippen molar-refractivity contribution in [2.75, 3.05) is 0 Å². The smallest absolute Gasteiger partial charge is 0.258 e. The second kappa shape index (κ2) is 4.71. The van der Waals surface area contributed by atoms with Crippen LogP contribution in [0.1, 0.15) is 5.56 Å². The van der Waals surface area contributed by atoms with Gasteiger partial charge in [0.15, 0.2) is 0 Å². The summed E-state index contributed by atoms with van der Waals surface area (Å²) in [5.41, 5.74) is 0.411. The number of nitro benzene ring substituents is 1. The summed E-state index contributed by atoms with van der Waals surface area (Å²) in [5.74, 6) is 0. The van der Waals surface area contributed by atoms with Gasteiger partial charge in [0.1, 0.15) is 17.7 Å². The Balaban J connectivity index is 2.28. The number of hydrogen-bond donors (Lipinski definition) is 0. The van der Waals surface area contributed by atoms with Crippen molar-refractivity contribution in [3.8, 4) is 0 Å². The summed E-state index contributed by atoms with van der Waals surface area (Å²) in [5, 5.41) is 21.8. The zero-order chi connectivity index (χ0) is 12.3. The van der Waals surface area contributed by atoms with E-state index in [1.807, 2.05) is 0 Å². The van der Waals surface area contributed by atoms with Gasteiger partial charge in [-0.05, 0) is 6.07 Å². The van der Waals surface area contributed by atoms with Crippen LogP contribution in [0.3, 0.4) is 0 Å². The van der Waals surface area contributed by atoms with Crippen LogP contribution < -0.4 is 0 Å². The van der Waals surface area contributed by atoms with Crippen molar-refractivity contribution in [1.82, 2.24) is 14.9 Å². The lowest BCUT2D eigenvalue weighted by Crippen LogP contribution is -1.92. The average molecular weight is 252 g/mol. The third-order valence-electron chi connectivity index (χ3n) is 1.91. The molecule has 0 aliphatic carbocycles. The molecule has 0 atom stereocenters. The minimum absolute atomic E-state index is 0.0939. The molecule has 7 nitrogen and oxygen atoms in total. The van der Waals surface area contributed by atoms with Crippen molar-refractivity contribution in [2.45, 2.75) is 0 Å². The van der Waals surface area contributed by atoms with E-state index < -0.39 is 4.92 Å². The summed E-state index contributed by atoms with van der Waals surface area (Å²) in [6.45, 7) is 0. The van der Waals surface area contributed by atoms with E-state index in [1.54, 1.807) is 6.07 Å². The first-order valence-electron chi connectivity index (χ1n) is 4.50. The maximum absolute atomic E-state index is 10.7. The lowest BCUT2D eigenvalue weighted by atomic mass is 10.2. The number of aromatic nitrogens is 3. The van der Waals surface area contributed by atoms with E-state index in [0.717, 1.165) is 0 Å². The Morgan fingerprint density at radius 3 is 2.76 bits per heavy atom. The van der Waals surface area contributed by atoms with Crippen LogP contribution in [-0.2, 0) is 0 Å². The van der Waals surface area contributed by atoms with E-state index in [1.165, 1.54) is 35.7 Å². The first-order chi connectivity index (χ1) is 8.16. The summed E-state index contributed by atoms with van der Waals surface area (Å²) in [4.78, 5) is 10.1. The molecule has 17 heavy (non-hydrogen) atoms. The highest BCUT2D eigenvalue weighted by molar-refractivity contribution is 6.32. The minimum Gasteiger partial charge on any atom is -0.258 e. The first kappa shape index (κ1) is 11.2. The summed E-state index contributed by atoms with van der Waals surface area (Å²) in [6.07, 6.45) is 4.26. The van der Waals surface area contributed by atoms with Gasteiger partial charge in [-0.1, -0.05) is 17.7 Å². The van der Waals surface area contributed by atoms with Crippen LogP contribution in [0.5, 0.6) is 0 Å². The molecule has 0 N–H and O–H groups in total. The quantitative estimate of drug-likeness (QED) is 0.472. The van der Waals surface area contributed by atoms with E-state index in [4.69, 9.17) is 11.6 Å². The fourth-order valence-electron chi connectivity index (χ4n) is 1.14. The Kier molecular flexibility index (Phi) is 3.10. The molecule has 8 heteroatoms. The van der Waals surface area contributed by atoms with E-state index in [0.29, 0.717) is 5.56 Å². The van der Waals surface area contributed by atoms with E-state index in [9.17, 15) is 10.1 Å². The average Bonchev–Trinajstić information content (AvgIpc) is 2.80. The lowest BCUT2D eigenvalue weighted by Gasteiger charge is -1.96. The molecule has 86 valence electrons. The fraction of sp³-hybridized carbons (Fsp3) is 0. The maximum atomic E-state index is 10.7. The number of rotatable bonds is 3. The highest BCUT2D eigenvalue weighted by Crippen LogP contribution is 2.24. The van der Waals surface area contributed by atoms with Gasteiger partial charge in [0, 0.05) is 11.6 Å². The Hall–Kier alpha value is -2.28. The van der Waals surface area contributed by atoms with Crippen LogP contribution in [0.25, 0.3) is 0 Å². The van der Waals surface area contributed by atoms with Gasteiger partial charge in [-0.2, -0.15) is 5.10 Å². The van der Waals surface area contributed by atoms with E-state index >= 15 is 0 Å². The number of benzene rings is 1. The summed E-state index contributed by atoms with van der Waals surface area (Å²) < 4.78 is 1.38. The predicted octanol–water partition coefficient (Wildman–Crippen LogP) is 1.72. The van der Waals surface area contributed by atoms with Crippen LogP contribution >= 0.6 is 11.6 Å². The molecule has 0 saturated heterocycles. The molecule has 0 unspecified atom stereocenters. The molecular weight excluding hydrogens is 246 g/mol. The van der Waals surface area contributed by atoms with Crippen LogP contribution in [-0.4, -0.2) is 26.0 Å². The third kappa shape index (κ3) is 2.64. The third-order valence-corrected chi connectivity index (χ3v) is 2.23. The number of nitrogens with zero attached hydrogens (tertiary/aromatic N) is 5. The zero-order valence-electron chi connectivity index (χ0n) is 8.39. The normalized spacial score (nSPS) is 10.9. The minimum atomic E-state index is -0.543. The molecule has 0 radical (unpaired) electrons. The Labute approximate surface area is 101 Å². The standard InChI is InChI=1S/C9H6ClN5O2/c10-8-2-1-7(3-9(8)15(16)17)4-13-14-5-11-12-6-14/h1-6H/b13-4+. The second-order valence-electron chi connectivity index (χ2n) is 3.05. The van der Waals surface area contributed by atoms with Gasteiger partial charge in [-0.3, -0.25) is 10.1 Å². The van der Waals surface area contributed by atoms with Gasteiger partial charge in [0.25, 0.3) is 5.69 Å². The molecule has 2 rings (SSSR count). The molecule has 1 aromatic heterocycles. The van der Waals surface area contributed by atoms with Crippen molar-refractivity contribution in [1.29, 1.82) is 0 Å². The molecular formula is C9H6ClN5O2. The summed E-state index contributed by atoms with van der Waals surface area (Å²) >= 11 is 5.68. The zero-order valence-corrected chi connectivity index (χ0v) is 9.15. The van der Waals surface area contributed by atoms with Crippen molar-refractivity contribution in [2.24, 2.45) is 5.10 Å². The first-order valence-corrected chi connectivity index (χ1v) is 4.87. The SMILES string of the molecule is O=[N+]([O-])c1cc(/C=N/n2cnnc2)ccc1Cl. The van der Waals surface area contributed by atoms with Crippen LogP contribution in [0.15, 0.2) is 36.0 Å². The van der Waals surface area contributed by atoms with Crippen molar-refractivity contribution >= 4 is 23.5 Å². The number of hydrogen-bond acceptors (Lipinski definition) is 5. The number of halogens is 1. The molecule has 1 aromatic carbocycles. The Bertz CT molecular complexity index is 567. The van der Waals surface area contributed by atoms with Gasteiger partial charge in [0.05, 0.1) is 11.1 Å². The highest BCUT2D eigenvalue weighted by Gasteiger charge is 2.11. The molecule has 0 bridgehead atoms. The van der Waals surface area contributed by atoms with Gasteiger partial charge < -0.3 is 0 Å². The lowest BCUT2D eigenvalue weighted by molar-refractivity contribution is -0.384. The van der Waals surface area contributed by atoms with Crippen LogP contribution in [0.4, 0.5) is 5.69 Å². The maximum Gasteiger partial charge on any atom is 0.288 e. The summed E-state index contributed by atoms with van der Waals surface area (Å²) in [7, 11) is 0. The van der Waals surface area contributed by atoms with Crippen molar-refractivity contribution in [3.05, 3.63) is 51.6 Å². The molecule has 0 fully saturated rings. The van der Waals surface area contributed by atoms with E-state index in [2.05, 4.69) is 15.3 Å². The molecule has 0 aliphatic rings. The van der Waals surface area contributed by atoms with Crippen LogP contribution in [0, 0.1) is 10.1 Å².